The summed E-state index contributed by atoms with van der Waals surface area (Å²) in [5.74, 6) is 0.975. The van der Waals surface area contributed by atoms with E-state index >= 15 is 0 Å². The summed E-state index contributed by atoms with van der Waals surface area (Å²) in [4.78, 5) is 7.44. The number of anilines is 1. The lowest BCUT2D eigenvalue weighted by molar-refractivity contribution is 0.474. The molecule has 168 valence electrons. The van der Waals surface area contributed by atoms with E-state index in [9.17, 15) is 5.11 Å². The summed E-state index contributed by atoms with van der Waals surface area (Å²) in [6, 6.07) is 33.6. The normalized spacial score (nSPS) is 19.2. The van der Waals surface area contributed by atoms with Crippen LogP contribution in [0.4, 0.5) is 11.4 Å². The monoisotopic (exact) mass is 444 g/mol. The number of hydrogen-bond acceptors (Lipinski definition) is 3. The standard InChI is InChI=1S/C31H28N2O/c34-30-14-8-7-13-24(30)21-32-25-19-28-26(22-9-3-1-4-10-22)15-17-33-18-16-27(29(20-25)31(28)33)23-11-5-2-6-12-23/h1-14,19-21,26-27,34H,15-18H2. The second-order valence-corrected chi connectivity index (χ2v) is 9.28. The van der Waals surface area contributed by atoms with Crippen LogP contribution < -0.4 is 4.90 Å². The molecular weight excluding hydrogens is 416 g/mol. The molecule has 0 saturated heterocycles. The van der Waals surface area contributed by atoms with Crippen LogP contribution in [0.3, 0.4) is 0 Å². The lowest BCUT2D eigenvalue weighted by atomic mass is 9.76. The number of aromatic hydroxyl groups is 1. The van der Waals surface area contributed by atoms with Crippen molar-refractivity contribution in [3.63, 3.8) is 0 Å². The highest BCUT2D eigenvalue weighted by Crippen LogP contribution is 2.49. The maximum atomic E-state index is 10.2. The largest absolute Gasteiger partial charge is 0.507 e. The zero-order valence-corrected chi connectivity index (χ0v) is 19.1. The first-order valence-corrected chi connectivity index (χ1v) is 12.1. The average molecular weight is 445 g/mol. The molecular formula is C31H28N2O. The van der Waals surface area contributed by atoms with E-state index in [1.54, 1.807) is 12.3 Å². The second kappa shape index (κ2) is 8.83. The number of benzene rings is 4. The van der Waals surface area contributed by atoms with Gasteiger partial charge in [-0.1, -0.05) is 72.8 Å². The highest BCUT2D eigenvalue weighted by molar-refractivity contribution is 5.86. The van der Waals surface area contributed by atoms with Crippen molar-refractivity contribution < 1.29 is 5.11 Å². The lowest BCUT2D eigenvalue weighted by Gasteiger charge is -2.43. The molecule has 2 unspecified atom stereocenters. The van der Waals surface area contributed by atoms with E-state index in [1.807, 2.05) is 18.2 Å². The van der Waals surface area contributed by atoms with E-state index in [2.05, 4.69) is 77.7 Å². The third kappa shape index (κ3) is 3.77. The molecule has 3 heteroatoms. The van der Waals surface area contributed by atoms with Crippen LogP contribution in [-0.4, -0.2) is 24.4 Å². The molecule has 0 saturated carbocycles. The molecule has 1 N–H and O–H groups in total. The van der Waals surface area contributed by atoms with Crippen LogP contribution in [0.15, 0.2) is 102 Å². The van der Waals surface area contributed by atoms with Crippen LogP contribution in [-0.2, 0) is 0 Å². The maximum absolute atomic E-state index is 10.2. The van der Waals surface area contributed by atoms with E-state index in [0.717, 1.165) is 37.2 Å². The molecule has 2 atom stereocenters. The van der Waals surface area contributed by atoms with E-state index < -0.39 is 0 Å². The molecule has 0 aliphatic carbocycles. The van der Waals surface area contributed by atoms with Gasteiger partial charge in [0.05, 0.1) is 5.69 Å². The van der Waals surface area contributed by atoms with Gasteiger partial charge in [0, 0.05) is 42.4 Å². The molecule has 4 aromatic carbocycles. The Labute approximate surface area is 201 Å². The van der Waals surface area contributed by atoms with Gasteiger partial charge in [-0.2, -0.15) is 0 Å². The molecule has 0 amide bonds. The first kappa shape index (κ1) is 20.7. The zero-order valence-electron chi connectivity index (χ0n) is 19.1. The van der Waals surface area contributed by atoms with Gasteiger partial charge in [0.15, 0.2) is 0 Å². The van der Waals surface area contributed by atoms with Crippen LogP contribution in [0.25, 0.3) is 0 Å². The van der Waals surface area contributed by atoms with Crippen molar-refractivity contribution in [3.05, 3.63) is 125 Å². The van der Waals surface area contributed by atoms with E-state index in [1.165, 1.54) is 27.9 Å². The van der Waals surface area contributed by atoms with Gasteiger partial charge in [0.25, 0.3) is 0 Å². The Morgan fingerprint density at radius 1 is 0.706 bits per heavy atom. The number of nitrogens with zero attached hydrogens (tertiary/aromatic N) is 2. The van der Waals surface area contributed by atoms with Gasteiger partial charge in [0.2, 0.25) is 0 Å². The molecule has 0 bridgehead atoms. The quantitative estimate of drug-likeness (QED) is 0.343. The Hall–Kier alpha value is -3.85. The highest BCUT2D eigenvalue weighted by Gasteiger charge is 2.34. The fourth-order valence-electron chi connectivity index (χ4n) is 5.65. The van der Waals surface area contributed by atoms with Gasteiger partial charge >= 0.3 is 0 Å². The van der Waals surface area contributed by atoms with Gasteiger partial charge < -0.3 is 10.0 Å². The Kier molecular flexibility index (Phi) is 5.38. The SMILES string of the molecule is Oc1ccccc1C=Nc1cc2c3c(c1)C(c1ccccc1)CCN3CCC2c1ccccc1. The predicted molar refractivity (Wildman–Crippen MR) is 140 cm³/mol. The molecule has 0 spiro atoms. The van der Waals surface area contributed by atoms with Crippen molar-refractivity contribution in [2.24, 2.45) is 4.99 Å². The molecule has 3 nitrogen and oxygen atoms in total. The van der Waals surface area contributed by atoms with Crippen molar-refractivity contribution in [1.29, 1.82) is 0 Å². The minimum atomic E-state index is 0.251. The molecule has 34 heavy (non-hydrogen) atoms. The number of aliphatic imine (C=N–C) groups is 1. The molecule has 2 aliphatic rings. The summed E-state index contributed by atoms with van der Waals surface area (Å²) in [5.41, 5.74) is 8.57. The van der Waals surface area contributed by atoms with Crippen LogP contribution in [0, 0.1) is 0 Å². The zero-order chi connectivity index (χ0) is 22.9. The van der Waals surface area contributed by atoms with Crippen molar-refractivity contribution in [2.75, 3.05) is 18.0 Å². The molecule has 2 heterocycles. The Balaban J connectivity index is 1.51. The van der Waals surface area contributed by atoms with Gasteiger partial charge in [-0.25, -0.2) is 0 Å². The minimum Gasteiger partial charge on any atom is -0.507 e. The molecule has 6 rings (SSSR count). The number of rotatable bonds is 4. The minimum absolute atomic E-state index is 0.251. The van der Waals surface area contributed by atoms with E-state index in [4.69, 9.17) is 4.99 Å². The summed E-state index contributed by atoms with van der Waals surface area (Å²) in [7, 11) is 0. The first-order chi connectivity index (χ1) is 16.8. The summed E-state index contributed by atoms with van der Waals surface area (Å²) in [6.07, 6.45) is 4.00. The van der Waals surface area contributed by atoms with Gasteiger partial charge in [0.1, 0.15) is 5.75 Å². The lowest BCUT2D eigenvalue weighted by Crippen LogP contribution is -2.37. The van der Waals surface area contributed by atoms with Gasteiger partial charge in [-0.3, -0.25) is 4.99 Å². The van der Waals surface area contributed by atoms with E-state index in [0.29, 0.717) is 11.8 Å². The fourth-order valence-corrected chi connectivity index (χ4v) is 5.65. The van der Waals surface area contributed by atoms with Crippen LogP contribution >= 0.6 is 0 Å². The van der Waals surface area contributed by atoms with Gasteiger partial charge in [-0.05, 0) is 59.4 Å². The smallest absolute Gasteiger partial charge is 0.124 e. The van der Waals surface area contributed by atoms with Crippen molar-refractivity contribution >= 4 is 17.6 Å². The van der Waals surface area contributed by atoms with Crippen molar-refractivity contribution in [3.8, 4) is 5.75 Å². The Morgan fingerprint density at radius 2 is 1.24 bits per heavy atom. The van der Waals surface area contributed by atoms with Crippen molar-refractivity contribution in [2.45, 2.75) is 24.7 Å². The average Bonchev–Trinajstić information content (AvgIpc) is 2.89. The number of phenolic OH excluding ortho intramolecular Hbond substituents is 1. The van der Waals surface area contributed by atoms with Crippen LogP contribution in [0.1, 0.15) is 52.5 Å². The number of para-hydroxylation sites is 1. The summed E-state index contributed by atoms with van der Waals surface area (Å²) < 4.78 is 0. The number of hydrogen-bond donors (Lipinski definition) is 1. The molecule has 0 radical (unpaired) electrons. The molecule has 2 aliphatic heterocycles. The Morgan fingerprint density at radius 3 is 1.79 bits per heavy atom. The van der Waals surface area contributed by atoms with E-state index in [-0.39, 0.29) is 5.75 Å². The summed E-state index contributed by atoms with van der Waals surface area (Å²) in [6.45, 7) is 2.17. The topological polar surface area (TPSA) is 35.8 Å². The maximum Gasteiger partial charge on any atom is 0.124 e. The predicted octanol–water partition coefficient (Wildman–Crippen LogP) is 7.02. The third-order valence-electron chi connectivity index (χ3n) is 7.29. The van der Waals surface area contributed by atoms with Crippen LogP contribution in [0.5, 0.6) is 5.75 Å². The second-order valence-electron chi connectivity index (χ2n) is 9.28. The molecule has 0 fully saturated rings. The van der Waals surface area contributed by atoms with Crippen LogP contribution in [0.2, 0.25) is 0 Å². The molecule has 0 aromatic heterocycles. The summed E-state index contributed by atoms with van der Waals surface area (Å²) in [5, 5.41) is 10.2. The fraction of sp³-hybridized carbons (Fsp3) is 0.194. The van der Waals surface area contributed by atoms with Gasteiger partial charge in [-0.15, -0.1) is 0 Å². The third-order valence-corrected chi connectivity index (χ3v) is 7.29. The highest BCUT2D eigenvalue weighted by atomic mass is 16.3. The van der Waals surface area contributed by atoms with Crippen molar-refractivity contribution in [1.82, 2.24) is 0 Å². The number of phenols is 1. The Bertz CT molecular complexity index is 1260. The summed E-state index contributed by atoms with van der Waals surface area (Å²) >= 11 is 0. The first-order valence-electron chi connectivity index (χ1n) is 12.1. The molecule has 4 aromatic rings.